The molecule has 1 fully saturated rings. The fourth-order valence-electron chi connectivity index (χ4n) is 2.61. The molecule has 1 aliphatic rings. The lowest BCUT2D eigenvalue weighted by Crippen LogP contribution is -2.33. The smallest absolute Gasteiger partial charge is 0.258 e. The largest absolute Gasteiger partial charge is 0.317 e. The van der Waals surface area contributed by atoms with Gasteiger partial charge in [-0.3, -0.25) is 4.79 Å². The standard InChI is InChI=1S/C14H15ClN2O/c15-11-1-2-13-10(9-11)5-8-17(14(13)18)12-3-6-16-7-4-12/h1-2,5,8-9,12,16H,3-4,6-7H2. The molecule has 1 saturated heterocycles. The molecule has 0 amide bonds. The lowest BCUT2D eigenvalue weighted by Gasteiger charge is -2.25. The molecule has 0 radical (unpaired) electrons. The first-order chi connectivity index (χ1) is 8.75. The summed E-state index contributed by atoms with van der Waals surface area (Å²) in [5.41, 5.74) is 0.0936. The van der Waals surface area contributed by atoms with Crippen LogP contribution in [-0.2, 0) is 0 Å². The van der Waals surface area contributed by atoms with E-state index in [1.54, 1.807) is 6.07 Å². The minimum Gasteiger partial charge on any atom is -0.317 e. The molecule has 0 spiro atoms. The predicted octanol–water partition coefficient (Wildman–Crippen LogP) is 2.58. The highest BCUT2D eigenvalue weighted by molar-refractivity contribution is 6.31. The van der Waals surface area contributed by atoms with E-state index < -0.39 is 0 Å². The van der Waals surface area contributed by atoms with Crippen LogP contribution in [-0.4, -0.2) is 17.7 Å². The van der Waals surface area contributed by atoms with Crippen LogP contribution in [0.15, 0.2) is 35.3 Å². The summed E-state index contributed by atoms with van der Waals surface area (Å²) in [6, 6.07) is 7.73. The molecule has 1 aliphatic heterocycles. The summed E-state index contributed by atoms with van der Waals surface area (Å²) in [5, 5.41) is 5.65. The van der Waals surface area contributed by atoms with Crippen LogP contribution in [0, 0.1) is 0 Å². The van der Waals surface area contributed by atoms with Crippen molar-refractivity contribution in [2.75, 3.05) is 13.1 Å². The van der Waals surface area contributed by atoms with Gasteiger partial charge in [0.1, 0.15) is 0 Å². The SMILES string of the molecule is O=c1c2ccc(Cl)cc2ccn1C1CCNCC1. The zero-order valence-electron chi connectivity index (χ0n) is 10.0. The number of halogens is 1. The highest BCUT2D eigenvalue weighted by Gasteiger charge is 2.16. The molecular formula is C14H15ClN2O. The van der Waals surface area contributed by atoms with Crippen molar-refractivity contribution in [2.45, 2.75) is 18.9 Å². The van der Waals surface area contributed by atoms with E-state index in [1.165, 1.54) is 0 Å². The van der Waals surface area contributed by atoms with Gasteiger partial charge < -0.3 is 9.88 Å². The maximum absolute atomic E-state index is 12.4. The van der Waals surface area contributed by atoms with Crippen LogP contribution < -0.4 is 10.9 Å². The Hall–Kier alpha value is -1.32. The third kappa shape index (κ3) is 2.04. The minimum absolute atomic E-state index is 0.0936. The fraction of sp³-hybridized carbons (Fsp3) is 0.357. The Bertz CT molecular complexity index is 629. The highest BCUT2D eigenvalue weighted by Crippen LogP contribution is 2.20. The Balaban J connectivity index is 2.11. The Morgan fingerprint density at radius 3 is 2.78 bits per heavy atom. The molecule has 1 aromatic heterocycles. The molecule has 2 heterocycles. The quantitative estimate of drug-likeness (QED) is 0.857. The number of aromatic nitrogens is 1. The van der Waals surface area contributed by atoms with E-state index in [-0.39, 0.29) is 5.56 Å². The van der Waals surface area contributed by atoms with Crippen molar-refractivity contribution < 1.29 is 0 Å². The predicted molar refractivity (Wildman–Crippen MR) is 74.4 cm³/mol. The van der Waals surface area contributed by atoms with Gasteiger partial charge in [-0.25, -0.2) is 0 Å². The fourth-order valence-corrected chi connectivity index (χ4v) is 2.79. The van der Waals surface area contributed by atoms with Gasteiger partial charge in [-0.05, 0) is 55.6 Å². The summed E-state index contributed by atoms with van der Waals surface area (Å²) in [5.74, 6) is 0. The van der Waals surface area contributed by atoms with Crippen molar-refractivity contribution in [1.29, 1.82) is 0 Å². The highest BCUT2D eigenvalue weighted by atomic mass is 35.5. The third-order valence-electron chi connectivity index (χ3n) is 3.60. The first-order valence-corrected chi connectivity index (χ1v) is 6.64. The summed E-state index contributed by atoms with van der Waals surface area (Å²) < 4.78 is 1.87. The normalized spacial score (nSPS) is 17.2. The maximum atomic E-state index is 12.4. The van der Waals surface area contributed by atoms with E-state index in [0.29, 0.717) is 11.1 Å². The zero-order chi connectivity index (χ0) is 12.5. The molecule has 4 heteroatoms. The first kappa shape index (κ1) is 11.8. The van der Waals surface area contributed by atoms with Crippen LogP contribution >= 0.6 is 11.6 Å². The van der Waals surface area contributed by atoms with E-state index in [2.05, 4.69) is 5.32 Å². The van der Waals surface area contributed by atoms with E-state index in [0.717, 1.165) is 36.7 Å². The van der Waals surface area contributed by atoms with Crippen molar-refractivity contribution >= 4 is 22.4 Å². The second kappa shape index (κ2) is 4.75. The van der Waals surface area contributed by atoms with E-state index in [4.69, 9.17) is 11.6 Å². The molecule has 94 valence electrons. The van der Waals surface area contributed by atoms with Crippen LogP contribution in [0.2, 0.25) is 5.02 Å². The minimum atomic E-state index is 0.0936. The Labute approximate surface area is 110 Å². The second-order valence-electron chi connectivity index (χ2n) is 4.74. The molecule has 0 saturated carbocycles. The topological polar surface area (TPSA) is 34.0 Å². The Kier molecular flexibility index (Phi) is 3.10. The number of hydrogen-bond acceptors (Lipinski definition) is 2. The van der Waals surface area contributed by atoms with Crippen LogP contribution in [0.1, 0.15) is 18.9 Å². The van der Waals surface area contributed by atoms with Crippen LogP contribution in [0.4, 0.5) is 0 Å². The maximum Gasteiger partial charge on any atom is 0.258 e. The van der Waals surface area contributed by atoms with Crippen molar-refractivity contribution in [2.24, 2.45) is 0 Å². The lowest BCUT2D eigenvalue weighted by molar-refractivity contribution is 0.362. The summed E-state index contributed by atoms with van der Waals surface area (Å²) in [6.45, 7) is 1.96. The van der Waals surface area contributed by atoms with Crippen molar-refractivity contribution in [1.82, 2.24) is 9.88 Å². The van der Waals surface area contributed by atoms with Gasteiger partial charge in [-0.15, -0.1) is 0 Å². The van der Waals surface area contributed by atoms with Crippen LogP contribution in [0.25, 0.3) is 10.8 Å². The average Bonchev–Trinajstić information content (AvgIpc) is 2.40. The number of piperidine rings is 1. The molecule has 3 nitrogen and oxygen atoms in total. The van der Waals surface area contributed by atoms with Gasteiger partial charge in [0.15, 0.2) is 0 Å². The number of rotatable bonds is 1. The Morgan fingerprint density at radius 1 is 1.22 bits per heavy atom. The summed E-state index contributed by atoms with van der Waals surface area (Å²) >= 11 is 5.94. The number of nitrogens with one attached hydrogen (secondary N) is 1. The van der Waals surface area contributed by atoms with Crippen LogP contribution in [0.5, 0.6) is 0 Å². The van der Waals surface area contributed by atoms with Gasteiger partial charge in [0.25, 0.3) is 5.56 Å². The summed E-state index contributed by atoms with van der Waals surface area (Å²) in [4.78, 5) is 12.4. The van der Waals surface area contributed by atoms with Gasteiger partial charge in [0.05, 0.1) is 0 Å². The molecule has 0 atom stereocenters. The molecule has 0 unspecified atom stereocenters. The molecule has 3 rings (SSSR count). The molecule has 18 heavy (non-hydrogen) atoms. The van der Waals surface area contributed by atoms with Crippen LogP contribution in [0.3, 0.4) is 0 Å². The van der Waals surface area contributed by atoms with Crippen molar-refractivity contribution in [3.8, 4) is 0 Å². The number of hydrogen-bond donors (Lipinski definition) is 1. The molecule has 1 N–H and O–H groups in total. The number of fused-ring (bicyclic) bond motifs is 1. The van der Waals surface area contributed by atoms with Gasteiger partial charge >= 0.3 is 0 Å². The Morgan fingerprint density at radius 2 is 2.00 bits per heavy atom. The average molecular weight is 263 g/mol. The second-order valence-corrected chi connectivity index (χ2v) is 5.18. The summed E-state index contributed by atoms with van der Waals surface area (Å²) in [6.07, 6.45) is 3.93. The van der Waals surface area contributed by atoms with Gasteiger partial charge in [-0.1, -0.05) is 11.6 Å². The zero-order valence-corrected chi connectivity index (χ0v) is 10.8. The summed E-state index contributed by atoms with van der Waals surface area (Å²) in [7, 11) is 0. The number of pyridine rings is 1. The molecule has 0 aliphatic carbocycles. The first-order valence-electron chi connectivity index (χ1n) is 6.27. The number of nitrogens with zero attached hydrogens (tertiary/aromatic N) is 1. The van der Waals surface area contributed by atoms with E-state index >= 15 is 0 Å². The monoisotopic (exact) mass is 262 g/mol. The molecule has 1 aromatic carbocycles. The molecule has 0 bridgehead atoms. The van der Waals surface area contributed by atoms with Gasteiger partial charge in [-0.2, -0.15) is 0 Å². The van der Waals surface area contributed by atoms with Gasteiger partial charge in [0.2, 0.25) is 0 Å². The molecule has 2 aromatic rings. The van der Waals surface area contributed by atoms with E-state index in [1.807, 2.05) is 29.0 Å². The van der Waals surface area contributed by atoms with E-state index in [9.17, 15) is 4.79 Å². The lowest BCUT2D eigenvalue weighted by atomic mass is 10.1. The third-order valence-corrected chi connectivity index (χ3v) is 3.83. The van der Waals surface area contributed by atoms with Gasteiger partial charge in [0, 0.05) is 22.6 Å². The molecular weight excluding hydrogens is 248 g/mol. The number of benzene rings is 1. The van der Waals surface area contributed by atoms with Crippen molar-refractivity contribution in [3.05, 3.63) is 45.8 Å². The van der Waals surface area contributed by atoms with Crippen molar-refractivity contribution in [3.63, 3.8) is 0 Å².